The molecule has 0 fully saturated rings. The number of hydrogen-bond donors (Lipinski definition) is 1. The Hall–Kier alpha value is -3.41. The summed E-state index contributed by atoms with van der Waals surface area (Å²) in [5.41, 5.74) is 1.27. The molecule has 5 nitrogen and oxygen atoms in total. The molecule has 0 saturated heterocycles. The van der Waals surface area contributed by atoms with Crippen molar-refractivity contribution in [1.29, 1.82) is 0 Å². The summed E-state index contributed by atoms with van der Waals surface area (Å²) < 4.78 is 23.6. The highest BCUT2D eigenvalue weighted by molar-refractivity contribution is 6.06. The van der Waals surface area contributed by atoms with E-state index in [1.54, 1.807) is 31.4 Å². The molecule has 1 N–H and O–H groups in total. The summed E-state index contributed by atoms with van der Waals surface area (Å²) in [6.07, 6.45) is -0.396. The van der Waals surface area contributed by atoms with E-state index in [2.05, 4.69) is 5.32 Å². The van der Waals surface area contributed by atoms with E-state index in [1.165, 1.54) is 19.1 Å². The summed E-state index contributed by atoms with van der Waals surface area (Å²) in [6.45, 7) is 1.88. The molecule has 0 bridgehead atoms. The minimum Gasteiger partial charge on any atom is -0.496 e. The van der Waals surface area contributed by atoms with E-state index >= 15 is 0 Å². The van der Waals surface area contributed by atoms with Gasteiger partial charge in [0, 0.05) is 11.9 Å². The summed E-state index contributed by atoms with van der Waals surface area (Å²) in [7, 11) is 1.57. The summed E-state index contributed by atoms with van der Waals surface area (Å²) in [5, 5.41) is 4.22. The molecule has 3 aromatic rings. The Morgan fingerprint density at radius 2 is 1.69 bits per heavy atom. The van der Waals surface area contributed by atoms with Gasteiger partial charge in [-0.3, -0.25) is 4.79 Å². The van der Waals surface area contributed by atoms with Gasteiger partial charge in [0.1, 0.15) is 11.6 Å². The van der Waals surface area contributed by atoms with E-state index in [9.17, 15) is 14.0 Å². The summed E-state index contributed by atoms with van der Waals surface area (Å²) in [5.74, 6) is -0.614. The number of benzene rings is 3. The fraction of sp³-hybridized carbons (Fsp3) is 0.217. The van der Waals surface area contributed by atoms with Crippen LogP contribution in [0.4, 0.5) is 4.39 Å². The van der Waals surface area contributed by atoms with E-state index in [-0.39, 0.29) is 5.82 Å². The highest BCUT2D eigenvalue weighted by Gasteiger charge is 2.20. The number of carbonyl (C=O) groups excluding carboxylic acids is 2. The Morgan fingerprint density at radius 1 is 1.00 bits per heavy atom. The quantitative estimate of drug-likeness (QED) is 0.617. The van der Waals surface area contributed by atoms with E-state index < -0.39 is 18.0 Å². The Kier molecular flexibility index (Phi) is 6.44. The Bertz CT molecular complexity index is 1020. The van der Waals surface area contributed by atoms with Crippen LogP contribution in [0.3, 0.4) is 0 Å². The average molecular weight is 395 g/mol. The zero-order chi connectivity index (χ0) is 20.8. The molecule has 0 unspecified atom stereocenters. The van der Waals surface area contributed by atoms with Gasteiger partial charge in [0.2, 0.25) is 0 Å². The molecule has 0 aliphatic carbocycles. The van der Waals surface area contributed by atoms with Crippen molar-refractivity contribution in [3.05, 3.63) is 77.6 Å². The van der Waals surface area contributed by atoms with Crippen LogP contribution in [-0.2, 0) is 16.0 Å². The van der Waals surface area contributed by atoms with Crippen molar-refractivity contribution in [3.8, 4) is 5.75 Å². The minimum atomic E-state index is -0.948. The van der Waals surface area contributed by atoms with Gasteiger partial charge in [0.05, 0.1) is 12.7 Å². The van der Waals surface area contributed by atoms with Crippen LogP contribution < -0.4 is 10.1 Å². The van der Waals surface area contributed by atoms with Crippen LogP contribution in [0.25, 0.3) is 10.8 Å². The first-order valence-electron chi connectivity index (χ1n) is 9.28. The summed E-state index contributed by atoms with van der Waals surface area (Å²) in [6, 6.07) is 16.8. The van der Waals surface area contributed by atoms with Crippen molar-refractivity contribution >= 4 is 22.6 Å². The highest BCUT2D eigenvalue weighted by atomic mass is 19.1. The van der Waals surface area contributed by atoms with Crippen molar-refractivity contribution < 1.29 is 23.5 Å². The highest BCUT2D eigenvalue weighted by Crippen LogP contribution is 2.28. The van der Waals surface area contributed by atoms with Crippen LogP contribution in [-0.4, -0.2) is 31.6 Å². The predicted octanol–water partition coefficient (Wildman–Crippen LogP) is 3.89. The number of hydrogen-bond acceptors (Lipinski definition) is 4. The molecule has 6 heteroatoms. The van der Waals surface area contributed by atoms with Crippen LogP contribution in [0.2, 0.25) is 0 Å². The first-order valence-corrected chi connectivity index (χ1v) is 9.28. The number of ether oxygens (including phenoxy) is 2. The second kappa shape index (κ2) is 9.19. The largest absolute Gasteiger partial charge is 0.496 e. The standard InChI is InChI=1S/C23H22FNO4/c1-15(22(26)25-14-13-16-7-9-17(24)10-8-16)29-23(27)20-11-12-21(28-2)19-6-4-3-5-18(19)20/h3-12,15H,13-14H2,1-2H3,(H,25,26)/t15-/m1/s1. The fourth-order valence-electron chi connectivity index (χ4n) is 3.03. The van der Waals surface area contributed by atoms with Crippen molar-refractivity contribution in [1.82, 2.24) is 5.32 Å². The van der Waals surface area contributed by atoms with Gasteiger partial charge in [-0.15, -0.1) is 0 Å². The van der Waals surface area contributed by atoms with Gasteiger partial charge in [-0.1, -0.05) is 36.4 Å². The number of nitrogens with one attached hydrogen (secondary N) is 1. The molecule has 150 valence electrons. The Morgan fingerprint density at radius 3 is 2.38 bits per heavy atom. The molecule has 3 rings (SSSR count). The van der Waals surface area contributed by atoms with Crippen molar-refractivity contribution in [2.24, 2.45) is 0 Å². The van der Waals surface area contributed by atoms with Gasteiger partial charge in [-0.05, 0) is 48.6 Å². The maximum Gasteiger partial charge on any atom is 0.339 e. The van der Waals surface area contributed by atoms with Gasteiger partial charge in [0.25, 0.3) is 5.91 Å². The molecule has 0 radical (unpaired) electrons. The lowest BCUT2D eigenvalue weighted by atomic mass is 10.0. The zero-order valence-corrected chi connectivity index (χ0v) is 16.3. The lowest BCUT2D eigenvalue weighted by Gasteiger charge is -2.15. The van der Waals surface area contributed by atoms with E-state index in [0.717, 1.165) is 10.9 Å². The molecule has 0 saturated carbocycles. The van der Waals surface area contributed by atoms with Gasteiger partial charge in [0.15, 0.2) is 6.10 Å². The van der Waals surface area contributed by atoms with Crippen LogP contribution in [0, 0.1) is 5.82 Å². The maximum absolute atomic E-state index is 12.9. The normalized spacial score (nSPS) is 11.7. The van der Waals surface area contributed by atoms with Crippen LogP contribution in [0.15, 0.2) is 60.7 Å². The first-order chi connectivity index (χ1) is 14.0. The zero-order valence-electron chi connectivity index (χ0n) is 16.3. The molecule has 0 aromatic heterocycles. The number of fused-ring (bicyclic) bond motifs is 1. The van der Waals surface area contributed by atoms with Crippen molar-refractivity contribution in [2.45, 2.75) is 19.4 Å². The molecular formula is C23H22FNO4. The number of amides is 1. The number of rotatable bonds is 7. The number of carbonyl (C=O) groups is 2. The van der Waals surface area contributed by atoms with Gasteiger partial charge < -0.3 is 14.8 Å². The predicted molar refractivity (Wildman–Crippen MR) is 108 cm³/mol. The molecule has 1 amide bonds. The minimum absolute atomic E-state index is 0.302. The Labute approximate surface area is 168 Å². The van der Waals surface area contributed by atoms with Crippen LogP contribution >= 0.6 is 0 Å². The monoisotopic (exact) mass is 395 g/mol. The van der Waals surface area contributed by atoms with Crippen LogP contribution in [0.1, 0.15) is 22.8 Å². The summed E-state index contributed by atoms with van der Waals surface area (Å²) in [4.78, 5) is 24.9. The third-order valence-electron chi connectivity index (χ3n) is 4.60. The average Bonchev–Trinajstić information content (AvgIpc) is 2.74. The molecule has 1 atom stereocenters. The first kappa shape index (κ1) is 20.3. The third kappa shape index (κ3) is 4.90. The second-order valence-corrected chi connectivity index (χ2v) is 6.58. The number of halogens is 1. The van der Waals surface area contributed by atoms with E-state index in [0.29, 0.717) is 29.7 Å². The third-order valence-corrected chi connectivity index (χ3v) is 4.60. The molecule has 3 aromatic carbocycles. The topological polar surface area (TPSA) is 64.6 Å². The summed E-state index contributed by atoms with van der Waals surface area (Å²) >= 11 is 0. The molecular weight excluding hydrogens is 373 g/mol. The maximum atomic E-state index is 12.9. The molecule has 0 spiro atoms. The van der Waals surface area contributed by atoms with E-state index in [1.807, 2.05) is 24.3 Å². The lowest BCUT2D eigenvalue weighted by molar-refractivity contribution is -0.129. The molecule has 0 heterocycles. The van der Waals surface area contributed by atoms with Gasteiger partial charge >= 0.3 is 5.97 Å². The van der Waals surface area contributed by atoms with Crippen LogP contribution in [0.5, 0.6) is 5.75 Å². The van der Waals surface area contributed by atoms with Gasteiger partial charge in [-0.25, -0.2) is 9.18 Å². The smallest absolute Gasteiger partial charge is 0.339 e. The van der Waals surface area contributed by atoms with Crippen molar-refractivity contribution in [2.75, 3.05) is 13.7 Å². The van der Waals surface area contributed by atoms with Crippen molar-refractivity contribution in [3.63, 3.8) is 0 Å². The molecule has 0 aliphatic heterocycles. The van der Waals surface area contributed by atoms with E-state index in [4.69, 9.17) is 9.47 Å². The number of methoxy groups -OCH3 is 1. The molecule has 0 aliphatic rings. The lowest BCUT2D eigenvalue weighted by Crippen LogP contribution is -2.36. The molecule has 29 heavy (non-hydrogen) atoms. The second-order valence-electron chi connectivity index (χ2n) is 6.58. The number of esters is 1. The Balaban J connectivity index is 1.60. The fourth-order valence-corrected chi connectivity index (χ4v) is 3.03. The van der Waals surface area contributed by atoms with Gasteiger partial charge in [-0.2, -0.15) is 0 Å². The SMILES string of the molecule is COc1ccc(C(=O)O[C@H](C)C(=O)NCCc2ccc(F)cc2)c2ccccc12.